The summed E-state index contributed by atoms with van der Waals surface area (Å²) in [6.45, 7) is 6.04. The summed E-state index contributed by atoms with van der Waals surface area (Å²) in [5.74, 6) is 0.868. The van der Waals surface area contributed by atoms with E-state index >= 15 is 0 Å². The number of carbonyl (C=O) groups is 1. The quantitative estimate of drug-likeness (QED) is 0.296. The van der Waals surface area contributed by atoms with E-state index in [1.165, 1.54) is 0 Å². The second-order valence-corrected chi connectivity index (χ2v) is 11.7. The summed E-state index contributed by atoms with van der Waals surface area (Å²) in [5.41, 5.74) is 1.11. The van der Waals surface area contributed by atoms with Crippen LogP contribution in [-0.4, -0.2) is 25.8 Å². The van der Waals surface area contributed by atoms with Crippen molar-refractivity contribution in [2.45, 2.75) is 19.1 Å². The van der Waals surface area contributed by atoms with Gasteiger partial charge in [-0.1, -0.05) is 79.0 Å². The van der Waals surface area contributed by atoms with E-state index in [1.807, 2.05) is 78.9 Å². The zero-order chi connectivity index (χ0) is 23.4. The zero-order valence-corrected chi connectivity index (χ0v) is 20.3. The van der Waals surface area contributed by atoms with Gasteiger partial charge in [0.15, 0.2) is 0 Å². The van der Waals surface area contributed by atoms with Crippen molar-refractivity contribution in [3.8, 4) is 11.5 Å². The van der Waals surface area contributed by atoms with Crippen molar-refractivity contribution < 1.29 is 19.0 Å². The normalized spacial score (nSPS) is 17.0. The van der Waals surface area contributed by atoms with Gasteiger partial charge < -0.3 is 14.2 Å². The Morgan fingerprint density at radius 2 is 1.67 bits per heavy atom. The molecule has 170 valence electrons. The van der Waals surface area contributed by atoms with Crippen LogP contribution in [-0.2, 0) is 21.3 Å². The third-order valence-electron chi connectivity index (χ3n) is 5.55. The minimum atomic E-state index is -2.51. The molecule has 0 saturated heterocycles. The SMILES string of the molecule is C=C(C(=O)OCC)[C@@H]1Oc2ccc(OC)cc2[C@H]1NP(=S)(c1ccccc1)c1ccccc1. The first-order valence-corrected chi connectivity index (χ1v) is 13.5. The van der Waals surface area contributed by atoms with Gasteiger partial charge in [0.1, 0.15) is 17.6 Å². The highest BCUT2D eigenvalue weighted by Crippen LogP contribution is 2.49. The summed E-state index contributed by atoms with van der Waals surface area (Å²) in [4.78, 5) is 12.6. The summed E-state index contributed by atoms with van der Waals surface area (Å²) in [7, 11) is 1.62. The summed E-state index contributed by atoms with van der Waals surface area (Å²) in [6.07, 6.45) is -3.17. The van der Waals surface area contributed by atoms with Crippen molar-refractivity contribution in [1.29, 1.82) is 0 Å². The number of esters is 1. The Hall–Kier alpha value is -2.92. The summed E-state index contributed by atoms with van der Waals surface area (Å²) in [5, 5.41) is 5.77. The predicted octanol–water partition coefficient (Wildman–Crippen LogP) is 4.25. The lowest BCUT2D eigenvalue weighted by atomic mass is 9.99. The second-order valence-electron chi connectivity index (χ2n) is 7.58. The maximum absolute atomic E-state index is 12.6. The Labute approximate surface area is 199 Å². The van der Waals surface area contributed by atoms with E-state index < -0.39 is 24.3 Å². The van der Waals surface area contributed by atoms with E-state index in [9.17, 15) is 4.79 Å². The Morgan fingerprint density at radius 3 is 2.21 bits per heavy atom. The number of benzene rings is 3. The highest BCUT2D eigenvalue weighted by Gasteiger charge is 2.42. The van der Waals surface area contributed by atoms with Crippen LogP contribution in [0.3, 0.4) is 0 Å². The smallest absolute Gasteiger partial charge is 0.337 e. The van der Waals surface area contributed by atoms with Gasteiger partial charge in [-0.15, -0.1) is 0 Å². The minimum Gasteiger partial charge on any atom is -0.497 e. The largest absolute Gasteiger partial charge is 0.497 e. The van der Waals surface area contributed by atoms with Gasteiger partial charge in [-0.25, -0.2) is 4.79 Å². The van der Waals surface area contributed by atoms with Crippen LogP contribution in [0.25, 0.3) is 0 Å². The Morgan fingerprint density at radius 1 is 1.06 bits per heavy atom. The third-order valence-corrected chi connectivity index (χ3v) is 9.82. The number of hydrogen-bond donors (Lipinski definition) is 1. The molecule has 3 aromatic carbocycles. The highest BCUT2D eigenvalue weighted by atomic mass is 32.4. The van der Waals surface area contributed by atoms with Crippen molar-refractivity contribution in [2.75, 3.05) is 13.7 Å². The van der Waals surface area contributed by atoms with E-state index in [1.54, 1.807) is 14.0 Å². The molecule has 2 atom stereocenters. The number of rotatable bonds is 8. The van der Waals surface area contributed by atoms with Gasteiger partial charge >= 0.3 is 5.97 Å². The second kappa shape index (κ2) is 9.92. The molecule has 33 heavy (non-hydrogen) atoms. The van der Waals surface area contributed by atoms with Gasteiger partial charge in [0, 0.05) is 16.2 Å². The maximum Gasteiger partial charge on any atom is 0.337 e. The van der Waals surface area contributed by atoms with Gasteiger partial charge in [-0.3, -0.25) is 5.09 Å². The monoisotopic (exact) mass is 479 g/mol. The molecule has 1 N–H and O–H groups in total. The molecule has 0 bridgehead atoms. The number of nitrogens with one attached hydrogen (secondary N) is 1. The first kappa shape index (κ1) is 23.2. The summed E-state index contributed by atoms with van der Waals surface area (Å²) in [6, 6.07) is 25.2. The lowest BCUT2D eigenvalue weighted by Gasteiger charge is -2.31. The van der Waals surface area contributed by atoms with Crippen molar-refractivity contribution >= 4 is 34.6 Å². The lowest BCUT2D eigenvalue weighted by Crippen LogP contribution is -2.37. The van der Waals surface area contributed by atoms with E-state index in [4.69, 9.17) is 26.0 Å². The van der Waals surface area contributed by atoms with Crippen LogP contribution in [0.2, 0.25) is 0 Å². The average molecular weight is 480 g/mol. The van der Waals surface area contributed by atoms with Crippen LogP contribution in [0, 0.1) is 0 Å². The van der Waals surface area contributed by atoms with E-state index in [2.05, 4.69) is 11.7 Å². The van der Waals surface area contributed by atoms with Crippen LogP contribution < -0.4 is 25.2 Å². The Kier molecular flexibility index (Phi) is 6.99. The van der Waals surface area contributed by atoms with Crippen LogP contribution in [0.1, 0.15) is 18.5 Å². The van der Waals surface area contributed by atoms with Gasteiger partial charge in [-0.05, 0) is 25.1 Å². The molecule has 1 heterocycles. The fourth-order valence-corrected chi connectivity index (χ4v) is 7.41. The fourth-order valence-electron chi connectivity index (χ4n) is 3.89. The van der Waals surface area contributed by atoms with Gasteiger partial charge in [0.25, 0.3) is 0 Å². The van der Waals surface area contributed by atoms with E-state index in [-0.39, 0.29) is 12.2 Å². The number of carbonyl (C=O) groups excluding carboxylic acids is 1. The molecule has 4 rings (SSSR count). The van der Waals surface area contributed by atoms with Gasteiger partial charge in [0.05, 0.1) is 31.5 Å². The molecule has 0 radical (unpaired) electrons. The first-order valence-electron chi connectivity index (χ1n) is 10.7. The molecule has 0 fully saturated rings. The van der Waals surface area contributed by atoms with Crippen molar-refractivity contribution in [3.63, 3.8) is 0 Å². The van der Waals surface area contributed by atoms with Gasteiger partial charge in [0.2, 0.25) is 0 Å². The Bertz CT molecular complexity index is 1160. The highest BCUT2D eigenvalue weighted by molar-refractivity contribution is 8.20. The molecule has 0 unspecified atom stereocenters. The standard InChI is InChI=1S/C26H26NO4PS/c1-4-30-26(28)18(2)25-24(22-17-19(29-3)15-16-23(22)31-25)27-32(33,20-11-7-5-8-12-20)21-13-9-6-10-14-21/h5-17,24-25H,2,4H2,1,3H3,(H,27,33)/t24-,25+/m1/s1. The molecular formula is C26H26NO4PS. The molecule has 0 amide bonds. The van der Waals surface area contributed by atoms with Crippen LogP contribution >= 0.6 is 6.19 Å². The molecule has 0 aromatic heterocycles. The summed E-state index contributed by atoms with van der Waals surface area (Å²) >= 11 is 6.39. The number of fused-ring (bicyclic) bond motifs is 1. The number of ether oxygens (including phenoxy) is 3. The molecule has 0 saturated carbocycles. The van der Waals surface area contributed by atoms with Crippen molar-refractivity contribution in [2.24, 2.45) is 0 Å². The number of methoxy groups -OCH3 is 1. The first-order chi connectivity index (χ1) is 16.0. The van der Waals surface area contributed by atoms with E-state index in [0.29, 0.717) is 11.5 Å². The molecular weight excluding hydrogens is 453 g/mol. The predicted molar refractivity (Wildman–Crippen MR) is 135 cm³/mol. The van der Waals surface area contributed by atoms with Crippen LogP contribution in [0.4, 0.5) is 0 Å². The van der Waals surface area contributed by atoms with Crippen molar-refractivity contribution in [3.05, 3.63) is 96.6 Å². The Balaban J connectivity index is 1.82. The zero-order valence-electron chi connectivity index (χ0n) is 18.6. The molecule has 3 aromatic rings. The lowest BCUT2D eigenvalue weighted by molar-refractivity contribution is -0.139. The third kappa shape index (κ3) is 4.60. The van der Waals surface area contributed by atoms with Gasteiger partial charge in [-0.2, -0.15) is 0 Å². The van der Waals surface area contributed by atoms with Crippen LogP contribution in [0.5, 0.6) is 11.5 Å². The van der Waals surface area contributed by atoms with Crippen LogP contribution in [0.15, 0.2) is 91.0 Å². The maximum atomic E-state index is 12.6. The molecule has 5 nitrogen and oxygen atoms in total. The molecule has 0 spiro atoms. The fraction of sp³-hybridized carbons (Fsp3) is 0.192. The van der Waals surface area contributed by atoms with E-state index in [0.717, 1.165) is 16.2 Å². The topological polar surface area (TPSA) is 56.8 Å². The molecule has 0 aliphatic carbocycles. The van der Waals surface area contributed by atoms with Crippen molar-refractivity contribution in [1.82, 2.24) is 5.09 Å². The average Bonchev–Trinajstić information content (AvgIpc) is 3.21. The number of hydrogen-bond acceptors (Lipinski definition) is 5. The molecule has 7 heteroatoms. The minimum absolute atomic E-state index is 0.243. The molecule has 1 aliphatic heterocycles. The summed E-state index contributed by atoms with van der Waals surface area (Å²) < 4.78 is 16.9. The molecule has 1 aliphatic rings.